The van der Waals surface area contributed by atoms with Gasteiger partial charge in [0.1, 0.15) is 12.7 Å². The van der Waals surface area contributed by atoms with Crippen molar-refractivity contribution < 1.29 is 13.2 Å². The van der Waals surface area contributed by atoms with E-state index in [1.54, 1.807) is 0 Å². The first-order valence-corrected chi connectivity index (χ1v) is 2.89. The molecular formula is C2H6FNO2S. The van der Waals surface area contributed by atoms with Crippen LogP contribution >= 0.6 is 0 Å². The van der Waals surface area contributed by atoms with Gasteiger partial charge in [-0.15, -0.1) is 0 Å². The molecule has 2 N–H and O–H groups in total. The Balaban J connectivity index is 2.82. The molecule has 0 rings (SSSR count). The predicted octanol–water partition coefficient (Wildman–Crippen LogP) is -0.318. The average molecular weight is 127 g/mol. The first-order valence-electron chi connectivity index (χ1n) is 1.61. The maximum absolute atomic E-state index is 11.0. The number of hydrogen-bond acceptors (Lipinski definition) is 2. The van der Waals surface area contributed by atoms with E-state index < -0.39 is 17.9 Å². The van der Waals surface area contributed by atoms with Crippen molar-refractivity contribution in [1.29, 1.82) is 0 Å². The van der Waals surface area contributed by atoms with Crippen molar-refractivity contribution >= 4 is 11.1 Å². The fourth-order valence-corrected chi connectivity index (χ4v) is 0.378. The Bertz CT molecular complexity index is 68.7. The molecule has 0 aromatic heterocycles. The lowest BCUT2D eigenvalue weighted by atomic mass is 11.2. The SMILES string of the molecule is O=S(O)CNCF. The van der Waals surface area contributed by atoms with Crippen LogP contribution in [0.3, 0.4) is 0 Å². The van der Waals surface area contributed by atoms with E-state index in [4.69, 9.17) is 4.55 Å². The molecule has 1 unspecified atom stereocenters. The van der Waals surface area contributed by atoms with Crippen LogP contribution in [0.1, 0.15) is 0 Å². The lowest BCUT2D eigenvalue weighted by Gasteiger charge is -1.89. The minimum Gasteiger partial charge on any atom is -0.305 e. The van der Waals surface area contributed by atoms with Gasteiger partial charge in [0.05, 0.1) is 0 Å². The van der Waals surface area contributed by atoms with Crippen molar-refractivity contribution in [3.8, 4) is 0 Å². The monoisotopic (exact) mass is 127 g/mol. The number of hydrogen-bond donors (Lipinski definition) is 2. The van der Waals surface area contributed by atoms with Gasteiger partial charge in [-0.05, 0) is 0 Å². The van der Waals surface area contributed by atoms with Crippen molar-refractivity contribution in [2.24, 2.45) is 0 Å². The summed E-state index contributed by atoms with van der Waals surface area (Å²) in [6.45, 7) is -0.758. The molecule has 7 heavy (non-hydrogen) atoms. The molecule has 5 heteroatoms. The van der Waals surface area contributed by atoms with E-state index in [1.807, 2.05) is 5.32 Å². The lowest BCUT2D eigenvalue weighted by Crippen LogP contribution is -2.16. The fourth-order valence-electron chi connectivity index (χ4n) is 0.126. The highest BCUT2D eigenvalue weighted by atomic mass is 32.2. The molecule has 0 saturated carbocycles. The summed E-state index contributed by atoms with van der Waals surface area (Å²) in [5.41, 5.74) is 0. The van der Waals surface area contributed by atoms with Crippen LogP contribution in [0.2, 0.25) is 0 Å². The molecule has 0 bridgehead atoms. The van der Waals surface area contributed by atoms with Crippen LogP contribution in [0.15, 0.2) is 0 Å². The van der Waals surface area contributed by atoms with Gasteiger partial charge in [-0.2, -0.15) is 0 Å². The molecule has 0 radical (unpaired) electrons. The van der Waals surface area contributed by atoms with E-state index in [1.165, 1.54) is 0 Å². The number of rotatable bonds is 3. The van der Waals surface area contributed by atoms with Gasteiger partial charge < -0.3 is 4.55 Å². The summed E-state index contributed by atoms with van der Waals surface area (Å²) in [5, 5.41) is 2.03. The zero-order valence-corrected chi connectivity index (χ0v) is 4.37. The van der Waals surface area contributed by atoms with Gasteiger partial charge in [-0.1, -0.05) is 0 Å². The van der Waals surface area contributed by atoms with Gasteiger partial charge in [-0.3, -0.25) is 5.32 Å². The number of alkyl halides is 1. The Kier molecular flexibility index (Phi) is 4.17. The van der Waals surface area contributed by atoms with E-state index in [9.17, 15) is 8.60 Å². The van der Waals surface area contributed by atoms with Gasteiger partial charge in [0.2, 0.25) is 0 Å². The highest BCUT2D eigenvalue weighted by Crippen LogP contribution is 1.65. The van der Waals surface area contributed by atoms with Gasteiger partial charge >= 0.3 is 0 Å². The summed E-state index contributed by atoms with van der Waals surface area (Å²) in [5.74, 6) is -0.198. The molecule has 44 valence electrons. The van der Waals surface area contributed by atoms with Crippen LogP contribution in [0.4, 0.5) is 4.39 Å². The molecule has 0 aromatic carbocycles. The third kappa shape index (κ3) is 6.00. The van der Waals surface area contributed by atoms with Crippen LogP contribution in [-0.4, -0.2) is 21.4 Å². The van der Waals surface area contributed by atoms with Gasteiger partial charge in [0.25, 0.3) is 0 Å². The normalized spacial score (nSPS) is 14.0. The Hall–Kier alpha value is -0.0000000000000000555. The van der Waals surface area contributed by atoms with E-state index in [2.05, 4.69) is 0 Å². The van der Waals surface area contributed by atoms with Crippen molar-refractivity contribution in [3.05, 3.63) is 0 Å². The summed E-state index contributed by atoms with van der Waals surface area (Å²) in [6.07, 6.45) is 0. The van der Waals surface area contributed by atoms with Crippen LogP contribution < -0.4 is 5.32 Å². The molecule has 0 saturated heterocycles. The summed E-state index contributed by atoms with van der Waals surface area (Å²) in [6, 6.07) is 0. The Morgan fingerprint density at radius 1 is 1.86 bits per heavy atom. The Morgan fingerprint density at radius 2 is 2.43 bits per heavy atom. The van der Waals surface area contributed by atoms with E-state index in [0.717, 1.165) is 0 Å². The standard InChI is InChI=1S/C2H6FNO2S/c3-1-4-2-7(5)6/h4H,1-2H2,(H,5,6). The first kappa shape index (κ1) is 7.00. The zero-order chi connectivity index (χ0) is 5.70. The number of halogens is 1. The summed E-state index contributed by atoms with van der Waals surface area (Å²) < 4.78 is 28.6. The predicted molar refractivity (Wildman–Crippen MR) is 24.7 cm³/mol. The molecular weight excluding hydrogens is 121 g/mol. The molecule has 3 nitrogen and oxygen atoms in total. The van der Waals surface area contributed by atoms with Crippen molar-refractivity contribution in [2.75, 3.05) is 12.7 Å². The molecule has 0 fully saturated rings. The van der Waals surface area contributed by atoms with Crippen LogP contribution in [0.5, 0.6) is 0 Å². The highest BCUT2D eigenvalue weighted by Gasteiger charge is 1.86. The van der Waals surface area contributed by atoms with Crippen LogP contribution in [-0.2, 0) is 11.1 Å². The third-order valence-corrected chi connectivity index (χ3v) is 0.771. The molecule has 0 aliphatic heterocycles. The number of nitrogens with one attached hydrogen (secondary N) is 1. The largest absolute Gasteiger partial charge is 0.305 e. The zero-order valence-electron chi connectivity index (χ0n) is 3.56. The van der Waals surface area contributed by atoms with Crippen molar-refractivity contribution in [3.63, 3.8) is 0 Å². The topological polar surface area (TPSA) is 49.3 Å². The molecule has 0 aliphatic carbocycles. The summed E-state index contributed by atoms with van der Waals surface area (Å²) in [7, 11) is 0. The Labute approximate surface area is 43.2 Å². The smallest absolute Gasteiger partial charge is 0.167 e. The maximum atomic E-state index is 11.0. The van der Waals surface area contributed by atoms with E-state index in [-0.39, 0.29) is 5.88 Å². The van der Waals surface area contributed by atoms with E-state index >= 15 is 0 Å². The van der Waals surface area contributed by atoms with Crippen molar-refractivity contribution in [1.82, 2.24) is 5.32 Å². The van der Waals surface area contributed by atoms with Crippen LogP contribution in [0.25, 0.3) is 0 Å². The minimum atomic E-state index is -1.92. The van der Waals surface area contributed by atoms with Gasteiger partial charge in [-0.25, -0.2) is 8.60 Å². The molecule has 0 heterocycles. The molecule has 1 atom stereocenters. The lowest BCUT2D eigenvalue weighted by molar-refractivity contribution is 0.440. The first-order chi connectivity index (χ1) is 3.27. The third-order valence-electron chi connectivity index (χ3n) is 0.320. The van der Waals surface area contributed by atoms with Crippen LogP contribution in [0, 0.1) is 0 Å². The quantitative estimate of drug-likeness (QED) is 0.403. The molecule has 0 aliphatic rings. The second kappa shape index (κ2) is 4.17. The fraction of sp³-hybridized carbons (Fsp3) is 1.00. The molecule has 0 aromatic rings. The second-order valence-corrected chi connectivity index (χ2v) is 1.78. The van der Waals surface area contributed by atoms with Gasteiger partial charge in [0, 0.05) is 0 Å². The van der Waals surface area contributed by atoms with Gasteiger partial charge in [0.15, 0.2) is 11.1 Å². The minimum absolute atomic E-state index is 0.198. The molecule has 0 amide bonds. The average Bonchev–Trinajstić information content (AvgIpc) is 1.61. The summed E-state index contributed by atoms with van der Waals surface area (Å²) in [4.78, 5) is 0. The Morgan fingerprint density at radius 3 is 2.57 bits per heavy atom. The molecule has 0 spiro atoms. The van der Waals surface area contributed by atoms with Crippen molar-refractivity contribution in [2.45, 2.75) is 0 Å². The summed E-state index contributed by atoms with van der Waals surface area (Å²) >= 11 is -1.92. The highest BCUT2D eigenvalue weighted by molar-refractivity contribution is 7.79. The van der Waals surface area contributed by atoms with E-state index in [0.29, 0.717) is 0 Å². The maximum Gasteiger partial charge on any atom is 0.167 e. The second-order valence-electron chi connectivity index (χ2n) is 0.849.